The lowest BCUT2D eigenvalue weighted by Crippen LogP contribution is -2.31. The summed E-state index contributed by atoms with van der Waals surface area (Å²) in [5.41, 5.74) is 6.25. The molecule has 0 bridgehead atoms. The van der Waals surface area contributed by atoms with E-state index in [4.69, 9.17) is 5.73 Å². The molecule has 21 heavy (non-hydrogen) atoms. The number of carbonyl (C=O) groups is 3. The number of esters is 1. The van der Waals surface area contributed by atoms with Crippen LogP contribution in [0, 0.1) is 0 Å². The molecular weight excluding hydrogens is 292 g/mol. The van der Waals surface area contributed by atoms with Crippen LogP contribution in [0.5, 0.6) is 0 Å². The van der Waals surface area contributed by atoms with Gasteiger partial charge in [-0.2, -0.15) is 0 Å². The molecule has 1 aromatic rings. The number of hydrogen-bond donors (Lipinski definition) is 1. The van der Waals surface area contributed by atoms with Crippen molar-refractivity contribution in [3.63, 3.8) is 0 Å². The van der Waals surface area contributed by atoms with Gasteiger partial charge in [-0.3, -0.25) is 9.59 Å². The molecule has 0 saturated carbocycles. The lowest BCUT2D eigenvalue weighted by molar-refractivity contribution is -0.121. The molecule has 0 aliphatic carbocycles. The fourth-order valence-electron chi connectivity index (χ4n) is 2.08. The molecule has 0 unspecified atom stereocenters. The number of imide groups is 1. The molecule has 1 aromatic carbocycles. The van der Waals surface area contributed by atoms with Gasteiger partial charge in [0.1, 0.15) is 0 Å². The first kappa shape index (κ1) is 15.5. The van der Waals surface area contributed by atoms with E-state index in [1.807, 2.05) is 0 Å². The molecule has 1 saturated heterocycles. The van der Waals surface area contributed by atoms with Crippen LogP contribution in [0.25, 0.3) is 0 Å². The molecule has 1 fully saturated rings. The lowest BCUT2D eigenvalue weighted by Gasteiger charge is -2.15. The fraction of sp³-hybridized carbons (Fsp3) is 0.357. The maximum absolute atomic E-state index is 12.2. The fourth-order valence-corrected chi connectivity index (χ4v) is 3.01. The Morgan fingerprint density at radius 1 is 1.38 bits per heavy atom. The van der Waals surface area contributed by atoms with Crippen LogP contribution in [-0.4, -0.2) is 42.4 Å². The summed E-state index contributed by atoms with van der Waals surface area (Å²) < 4.78 is 4.60. The van der Waals surface area contributed by atoms with Gasteiger partial charge in [0, 0.05) is 18.7 Å². The van der Waals surface area contributed by atoms with Crippen molar-refractivity contribution >= 4 is 35.2 Å². The maximum Gasteiger partial charge on any atom is 0.337 e. The van der Waals surface area contributed by atoms with E-state index in [2.05, 4.69) is 4.74 Å². The third-order valence-electron chi connectivity index (χ3n) is 3.09. The van der Waals surface area contributed by atoms with Gasteiger partial charge in [-0.15, -0.1) is 11.8 Å². The highest BCUT2D eigenvalue weighted by molar-refractivity contribution is 8.00. The summed E-state index contributed by atoms with van der Waals surface area (Å²) in [4.78, 5) is 36.8. The molecule has 2 N–H and O–H groups in total. The van der Waals surface area contributed by atoms with E-state index in [0.717, 1.165) is 4.90 Å². The average molecular weight is 308 g/mol. The van der Waals surface area contributed by atoms with E-state index < -0.39 is 5.97 Å². The molecule has 0 spiro atoms. The van der Waals surface area contributed by atoms with Crippen molar-refractivity contribution in [2.75, 3.05) is 24.3 Å². The van der Waals surface area contributed by atoms with Crippen LogP contribution >= 0.6 is 11.8 Å². The first-order valence-corrected chi connectivity index (χ1v) is 7.50. The second-order valence-electron chi connectivity index (χ2n) is 4.46. The van der Waals surface area contributed by atoms with E-state index >= 15 is 0 Å². The molecule has 1 atom stereocenters. The monoisotopic (exact) mass is 308 g/mol. The Morgan fingerprint density at radius 2 is 2.05 bits per heavy atom. The topological polar surface area (TPSA) is 89.7 Å². The predicted octanol–water partition coefficient (Wildman–Crippen LogP) is 0.797. The van der Waals surface area contributed by atoms with Crippen LogP contribution in [0.4, 0.5) is 5.69 Å². The van der Waals surface area contributed by atoms with Crippen molar-refractivity contribution in [1.29, 1.82) is 0 Å². The number of carbonyl (C=O) groups excluding carboxylic acids is 3. The first-order valence-electron chi connectivity index (χ1n) is 6.45. The first-order chi connectivity index (χ1) is 10.1. The lowest BCUT2D eigenvalue weighted by atomic mass is 10.2. The summed E-state index contributed by atoms with van der Waals surface area (Å²) in [6.07, 6.45) is 0.183. The van der Waals surface area contributed by atoms with E-state index in [1.165, 1.54) is 31.0 Å². The van der Waals surface area contributed by atoms with E-state index in [9.17, 15) is 14.4 Å². The van der Waals surface area contributed by atoms with Crippen molar-refractivity contribution in [1.82, 2.24) is 0 Å². The predicted molar refractivity (Wildman–Crippen MR) is 80.2 cm³/mol. The summed E-state index contributed by atoms with van der Waals surface area (Å²) in [5.74, 6) is -0.291. The van der Waals surface area contributed by atoms with Gasteiger partial charge < -0.3 is 10.5 Å². The van der Waals surface area contributed by atoms with Gasteiger partial charge in [0.15, 0.2) is 0 Å². The standard InChI is InChI=1S/C14H16N2O4S/c1-20-14(19)9-2-4-10(5-3-9)16-12(17)8-11(13(16)18)21-7-6-15/h2-5,11H,6-8,15H2,1H3/t11-/m1/s1. The molecule has 0 radical (unpaired) electrons. The smallest absolute Gasteiger partial charge is 0.337 e. The summed E-state index contributed by atoms with van der Waals surface area (Å²) in [5, 5.41) is -0.374. The highest BCUT2D eigenvalue weighted by Gasteiger charge is 2.39. The summed E-state index contributed by atoms with van der Waals surface area (Å²) in [6.45, 7) is 0.469. The number of nitrogens with two attached hydrogens (primary N) is 1. The number of thioether (sulfide) groups is 1. The molecule has 6 nitrogen and oxygen atoms in total. The Kier molecular flexibility index (Phi) is 4.98. The van der Waals surface area contributed by atoms with E-state index in [0.29, 0.717) is 23.5 Å². The van der Waals surface area contributed by atoms with Gasteiger partial charge in [-0.1, -0.05) is 0 Å². The van der Waals surface area contributed by atoms with Crippen LogP contribution in [0.2, 0.25) is 0 Å². The minimum Gasteiger partial charge on any atom is -0.465 e. The molecule has 2 amide bonds. The quantitative estimate of drug-likeness (QED) is 0.639. The third kappa shape index (κ3) is 3.25. The molecule has 2 rings (SSSR count). The summed E-state index contributed by atoms with van der Waals surface area (Å²) in [6, 6.07) is 6.19. The van der Waals surface area contributed by atoms with Crippen LogP contribution < -0.4 is 10.6 Å². The van der Waals surface area contributed by atoms with Gasteiger partial charge in [-0.25, -0.2) is 9.69 Å². The largest absolute Gasteiger partial charge is 0.465 e. The molecule has 112 valence electrons. The minimum atomic E-state index is -0.461. The van der Waals surface area contributed by atoms with E-state index in [-0.39, 0.29) is 23.5 Å². The van der Waals surface area contributed by atoms with Gasteiger partial charge >= 0.3 is 5.97 Å². The zero-order valence-electron chi connectivity index (χ0n) is 11.6. The number of nitrogens with zero attached hydrogens (tertiary/aromatic N) is 1. The highest BCUT2D eigenvalue weighted by atomic mass is 32.2. The van der Waals surface area contributed by atoms with Gasteiger partial charge in [0.05, 0.1) is 23.6 Å². The maximum atomic E-state index is 12.2. The Morgan fingerprint density at radius 3 is 2.62 bits per heavy atom. The zero-order valence-corrected chi connectivity index (χ0v) is 12.4. The van der Waals surface area contributed by atoms with Crippen LogP contribution in [0.1, 0.15) is 16.8 Å². The van der Waals surface area contributed by atoms with Crippen molar-refractivity contribution in [3.05, 3.63) is 29.8 Å². The molecule has 0 aromatic heterocycles. The second-order valence-corrected chi connectivity index (χ2v) is 5.77. The third-order valence-corrected chi connectivity index (χ3v) is 4.33. The SMILES string of the molecule is COC(=O)c1ccc(N2C(=O)C[C@@H](SCCN)C2=O)cc1. The Bertz CT molecular complexity index is 559. The van der Waals surface area contributed by atoms with Gasteiger partial charge in [-0.05, 0) is 24.3 Å². The number of rotatable bonds is 5. The Balaban J connectivity index is 2.16. The average Bonchev–Trinajstić information content (AvgIpc) is 2.79. The second kappa shape index (κ2) is 6.73. The Hall–Kier alpha value is -1.86. The molecule has 1 aliphatic rings. The highest BCUT2D eigenvalue weighted by Crippen LogP contribution is 2.29. The molecule has 1 heterocycles. The van der Waals surface area contributed by atoms with Gasteiger partial charge in [0.25, 0.3) is 0 Å². The number of hydrogen-bond acceptors (Lipinski definition) is 6. The Labute approximate surface area is 126 Å². The van der Waals surface area contributed by atoms with Crippen LogP contribution in [0.15, 0.2) is 24.3 Å². The normalized spacial score (nSPS) is 18.2. The molecular formula is C14H16N2O4S. The van der Waals surface area contributed by atoms with E-state index in [1.54, 1.807) is 12.1 Å². The summed E-state index contributed by atoms with van der Waals surface area (Å²) >= 11 is 1.39. The summed E-state index contributed by atoms with van der Waals surface area (Å²) in [7, 11) is 1.29. The number of methoxy groups -OCH3 is 1. The minimum absolute atomic E-state index is 0.183. The number of amides is 2. The molecule has 1 aliphatic heterocycles. The zero-order chi connectivity index (χ0) is 15.4. The van der Waals surface area contributed by atoms with Crippen LogP contribution in [0.3, 0.4) is 0 Å². The number of benzene rings is 1. The molecule has 7 heteroatoms. The van der Waals surface area contributed by atoms with Crippen molar-refractivity contribution < 1.29 is 19.1 Å². The number of anilines is 1. The van der Waals surface area contributed by atoms with Gasteiger partial charge in [0.2, 0.25) is 11.8 Å². The number of ether oxygens (including phenoxy) is 1. The van der Waals surface area contributed by atoms with Crippen molar-refractivity contribution in [2.45, 2.75) is 11.7 Å². The van der Waals surface area contributed by atoms with Crippen LogP contribution in [-0.2, 0) is 14.3 Å². The van der Waals surface area contributed by atoms with Crippen molar-refractivity contribution in [2.24, 2.45) is 5.73 Å². The van der Waals surface area contributed by atoms with Crippen molar-refractivity contribution in [3.8, 4) is 0 Å².